The zero-order chi connectivity index (χ0) is 12.9. The largest absolute Gasteiger partial charge is 0.347 e. The van der Waals surface area contributed by atoms with Crippen LogP contribution in [0.4, 0.5) is 5.13 Å². The van der Waals surface area contributed by atoms with E-state index in [0.29, 0.717) is 17.5 Å². The maximum absolute atomic E-state index is 11.4. The molecule has 0 saturated carbocycles. The van der Waals surface area contributed by atoms with Gasteiger partial charge in [-0.3, -0.25) is 0 Å². The summed E-state index contributed by atoms with van der Waals surface area (Å²) in [6.45, 7) is 5.70. The summed E-state index contributed by atoms with van der Waals surface area (Å²) in [5.41, 5.74) is 0.507. The molecule has 2 atom stereocenters. The fraction of sp³-hybridized carbons (Fsp3) is 0.700. The minimum Gasteiger partial charge on any atom is -0.347 e. The lowest BCUT2D eigenvalue weighted by molar-refractivity contribution is 0.533. The van der Waals surface area contributed by atoms with Crippen molar-refractivity contribution >= 4 is 26.5 Å². The predicted molar refractivity (Wildman–Crippen MR) is 70.3 cm³/mol. The molecule has 2 saturated heterocycles. The second-order valence-corrected chi connectivity index (χ2v) is 7.73. The third kappa shape index (κ3) is 2.03. The van der Waals surface area contributed by atoms with Crippen LogP contribution in [0.3, 0.4) is 0 Å². The lowest BCUT2D eigenvalue weighted by Crippen LogP contribution is -2.25. The van der Waals surface area contributed by atoms with Crippen molar-refractivity contribution < 1.29 is 8.42 Å². The Morgan fingerprint density at radius 1 is 1.39 bits per heavy atom. The highest BCUT2D eigenvalue weighted by Gasteiger charge is 2.37. The molecule has 0 unspecified atom stereocenters. The number of anilines is 1. The van der Waals surface area contributed by atoms with Crippen molar-refractivity contribution in [2.75, 3.05) is 31.1 Å². The van der Waals surface area contributed by atoms with Gasteiger partial charge in [-0.2, -0.15) is 0 Å². The maximum atomic E-state index is 11.4. The van der Waals surface area contributed by atoms with Crippen molar-refractivity contribution in [2.24, 2.45) is 17.0 Å². The lowest BCUT2D eigenvalue weighted by atomic mass is 10.0. The first kappa shape index (κ1) is 12.3. The van der Waals surface area contributed by atoms with E-state index in [1.54, 1.807) is 6.92 Å². The third-order valence-electron chi connectivity index (χ3n) is 3.66. The molecule has 0 aromatic carbocycles. The van der Waals surface area contributed by atoms with Gasteiger partial charge in [-0.15, -0.1) is 0 Å². The number of thiazole rings is 1. The Balaban J connectivity index is 1.86. The van der Waals surface area contributed by atoms with Gasteiger partial charge in [0.25, 0.3) is 0 Å². The first-order chi connectivity index (χ1) is 8.45. The summed E-state index contributed by atoms with van der Waals surface area (Å²) in [7, 11) is -3.64. The van der Waals surface area contributed by atoms with Crippen molar-refractivity contribution in [1.29, 1.82) is 0 Å². The van der Waals surface area contributed by atoms with E-state index in [4.69, 9.17) is 5.14 Å². The minimum absolute atomic E-state index is 0.188. The van der Waals surface area contributed by atoms with Crippen LogP contribution in [0.2, 0.25) is 0 Å². The highest BCUT2D eigenvalue weighted by Crippen LogP contribution is 2.35. The van der Waals surface area contributed by atoms with Gasteiger partial charge in [0.2, 0.25) is 10.0 Å². The number of nitrogens with zero attached hydrogens (tertiary/aromatic N) is 2. The van der Waals surface area contributed by atoms with Crippen molar-refractivity contribution in [1.82, 2.24) is 10.3 Å². The van der Waals surface area contributed by atoms with Crippen LogP contribution < -0.4 is 15.4 Å². The van der Waals surface area contributed by atoms with E-state index >= 15 is 0 Å². The molecule has 8 heteroatoms. The smallest absolute Gasteiger partial charge is 0.249 e. The van der Waals surface area contributed by atoms with Gasteiger partial charge in [0.05, 0.1) is 5.69 Å². The number of nitrogens with one attached hydrogen (secondary N) is 1. The molecular weight excluding hydrogens is 272 g/mol. The van der Waals surface area contributed by atoms with Crippen LogP contribution in [-0.4, -0.2) is 39.6 Å². The number of primary sulfonamides is 1. The zero-order valence-corrected chi connectivity index (χ0v) is 11.7. The minimum atomic E-state index is -3.64. The normalized spacial score (nSPS) is 27.8. The van der Waals surface area contributed by atoms with E-state index in [1.807, 2.05) is 0 Å². The topological polar surface area (TPSA) is 88.3 Å². The Hall–Kier alpha value is -0.700. The second kappa shape index (κ2) is 4.16. The summed E-state index contributed by atoms with van der Waals surface area (Å²) in [4.78, 5) is 6.53. The molecule has 3 N–H and O–H groups in total. The SMILES string of the molecule is Cc1nc(N2C[C@H]3CNC[C@H]3C2)sc1S(N)(=O)=O. The van der Waals surface area contributed by atoms with E-state index < -0.39 is 10.0 Å². The molecule has 2 aliphatic heterocycles. The molecule has 1 aromatic heterocycles. The first-order valence-electron chi connectivity index (χ1n) is 5.91. The van der Waals surface area contributed by atoms with Crippen molar-refractivity contribution in [3.8, 4) is 0 Å². The predicted octanol–water partition coefficient (Wildman–Crippen LogP) is -0.245. The maximum Gasteiger partial charge on any atom is 0.249 e. The number of aryl methyl sites for hydroxylation is 1. The third-order valence-corrected chi connectivity index (χ3v) is 6.43. The molecule has 6 nitrogen and oxygen atoms in total. The molecule has 2 aliphatic rings. The van der Waals surface area contributed by atoms with Crippen LogP contribution in [-0.2, 0) is 10.0 Å². The van der Waals surface area contributed by atoms with Gasteiger partial charge in [-0.25, -0.2) is 18.5 Å². The number of hydrogen-bond acceptors (Lipinski definition) is 6. The Bertz CT molecular complexity index is 556. The molecule has 18 heavy (non-hydrogen) atoms. The number of hydrogen-bond donors (Lipinski definition) is 2. The van der Waals surface area contributed by atoms with Gasteiger partial charge in [0.15, 0.2) is 9.34 Å². The van der Waals surface area contributed by atoms with Crippen LogP contribution in [0.25, 0.3) is 0 Å². The Morgan fingerprint density at radius 2 is 2.00 bits per heavy atom. The fourth-order valence-corrected chi connectivity index (χ4v) is 4.75. The average molecular weight is 288 g/mol. The quantitative estimate of drug-likeness (QED) is 0.784. The Morgan fingerprint density at radius 3 is 2.50 bits per heavy atom. The lowest BCUT2D eigenvalue weighted by Gasteiger charge is -2.15. The van der Waals surface area contributed by atoms with Crippen LogP contribution in [0.15, 0.2) is 4.21 Å². The van der Waals surface area contributed by atoms with Crippen LogP contribution in [0, 0.1) is 18.8 Å². The molecule has 0 spiro atoms. The van der Waals surface area contributed by atoms with E-state index in [2.05, 4.69) is 15.2 Å². The van der Waals surface area contributed by atoms with Gasteiger partial charge in [-0.1, -0.05) is 11.3 Å². The molecular formula is C10H16N4O2S2. The standard InChI is InChI=1S/C10H16N4O2S2/c1-6-9(18(11,15)16)17-10(13-6)14-4-7-2-12-3-8(7)5-14/h7-8,12H,2-5H2,1H3,(H2,11,15,16)/t7-,8+. The van der Waals surface area contributed by atoms with Crippen molar-refractivity contribution in [3.63, 3.8) is 0 Å². The monoisotopic (exact) mass is 288 g/mol. The molecule has 3 rings (SSSR count). The molecule has 0 radical (unpaired) electrons. The van der Waals surface area contributed by atoms with E-state index in [1.165, 1.54) is 11.3 Å². The first-order valence-corrected chi connectivity index (χ1v) is 8.27. The summed E-state index contributed by atoms with van der Waals surface area (Å²) in [5, 5.41) is 9.34. The van der Waals surface area contributed by atoms with E-state index in [0.717, 1.165) is 31.3 Å². The molecule has 0 amide bonds. The number of nitrogens with two attached hydrogens (primary N) is 1. The van der Waals surface area contributed by atoms with E-state index in [9.17, 15) is 8.42 Å². The number of aromatic nitrogens is 1. The summed E-state index contributed by atoms with van der Waals surface area (Å²) >= 11 is 1.18. The second-order valence-electron chi connectivity index (χ2n) is 5.00. The zero-order valence-electron chi connectivity index (χ0n) is 10.1. The van der Waals surface area contributed by atoms with Crippen molar-refractivity contribution in [3.05, 3.63) is 5.69 Å². The van der Waals surface area contributed by atoms with E-state index in [-0.39, 0.29) is 4.21 Å². The van der Waals surface area contributed by atoms with Gasteiger partial charge in [0, 0.05) is 26.2 Å². The number of fused-ring (bicyclic) bond motifs is 1. The highest BCUT2D eigenvalue weighted by atomic mass is 32.2. The molecule has 3 heterocycles. The highest BCUT2D eigenvalue weighted by molar-refractivity contribution is 7.91. The van der Waals surface area contributed by atoms with Gasteiger partial charge in [-0.05, 0) is 18.8 Å². The Kier molecular flexibility index (Phi) is 2.85. The summed E-state index contributed by atoms with van der Waals surface area (Å²) in [5.74, 6) is 1.32. The molecule has 2 fully saturated rings. The fourth-order valence-electron chi connectivity index (χ4n) is 2.78. The molecule has 100 valence electrons. The van der Waals surface area contributed by atoms with Crippen LogP contribution in [0.5, 0.6) is 0 Å². The van der Waals surface area contributed by atoms with Gasteiger partial charge < -0.3 is 10.2 Å². The van der Waals surface area contributed by atoms with Crippen LogP contribution in [0.1, 0.15) is 5.69 Å². The number of sulfonamides is 1. The van der Waals surface area contributed by atoms with Crippen LogP contribution >= 0.6 is 11.3 Å². The molecule has 0 bridgehead atoms. The molecule has 0 aliphatic carbocycles. The van der Waals surface area contributed by atoms with Gasteiger partial charge >= 0.3 is 0 Å². The average Bonchev–Trinajstić information content (AvgIpc) is 2.86. The Labute approximate surface area is 110 Å². The van der Waals surface area contributed by atoms with Crippen molar-refractivity contribution in [2.45, 2.75) is 11.1 Å². The summed E-state index contributed by atoms with van der Waals surface area (Å²) < 4.78 is 23.0. The summed E-state index contributed by atoms with van der Waals surface area (Å²) in [6, 6.07) is 0. The van der Waals surface area contributed by atoms with Gasteiger partial charge in [0.1, 0.15) is 0 Å². The number of rotatable bonds is 2. The summed E-state index contributed by atoms with van der Waals surface area (Å²) in [6.07, 6.45) is 0. The molecule has 1 aromatic rings.